The zero-order valence-corrected chi connectivity index (χ0v) is 7.38. The highest BCUT2D eigenvalue weighted by Gasteiger charge is 2.13. The Hall–Kier alpha value is -0.840. The predicted octanol–water partition coefficient (Wildman–Crippen LogP) is 0.867. The molecular formula is C6H7BrO4. The number of rotatable bonds is 3. The third kappa shape index (κ3) is 2.71. The van der Waals surface area contributed by atoms with E-state index >= 15 is 0 Å². The van der Waals surface area contributed by atoms with Gasteiger partial charge in [-0.25, -0.2) is 9.59 Å². The number of hydrogen-bond acceptors (Lipinski definition) is 2. The van der Waals surface area contributed by atoms with Crippen molar-refractivity contribution >= 4 is 27.9 Å². The first-order chi connectivity index (χ1) is 5.00. The van der Waals surface area contributed by atoms with E-state index in [1.165, 1.54) is 6.92 Å². The van der Waals surface area contributed by atoms with Crippen molar-refractivity contribution in [3.63, 3.8) is 0 Å². The Bertz CT molecular complexity index is 219. The summed E-state index contributed by atoms with van der Waals surface area (Å²) in [6.45, 7) is 1.26. The van der Waals surface area contributed by atoms with Crippen molar-refractivity contribution in [2.45, 2.75) is 6.92 Å². The van der Waals surface area contributed by atoms with E-state index in [9.17, 15) is 9.59 Å². The van der Waals surface area contributed by atoms with Gasteiger partial charge in [0.15, 0.2) is 0 Å². The summed E-state index contributed by atoms with van der Waals surface area (Å²) in [5.41, 5.74) is -0.271. The molecule has 0 aliphatic carbocycles. The minimum atomic E-state index is -1.21. The van der Waals surface area contributed by atoms with Gasteiger partial charge in [0.25, 0.3) is 0 Å². The van der Waals surface area contributed by atoms with Crippen molar-refractivity contribution in [3.05, 3.63) is 11.1 Å². The highest BCUT2D eigenvalue weighted by Crippen LogP contribution is 2.07. The van der Waals surface area contributed by atoms with Gasteiger partial charge in [0.1, 0.15) is 0 Å². The SMILES string of the molecule is C/C(C(=O)O)=C(\CBr)C(=O)O. The van der Waals surface area contributed by atoms with Gasteiger partial charge in [-0.05, 0) is 6.92 Å². The quantitative estimate of drug-likeness (QED) is 0.549. The van der Waals surface area contributed by atoms with Gasteiger partial charge in [0, 0.05) is 10.9 Å². The summed E-state index contributed by atoms with van der Waals surface area (Å²) in [7, 11) is 0. The van der Waals surface area contributed by atoms with Crippen LogP contribution in [0.2, 0.25) is 0 Å². The van der Waals surface area contributed by atoms with Gasteiger partial charge in [-0.2, -0.15) is 0 Å². The molecule has 0 amide bonds. The van der Waals surface area contributed by atoms with Crippen molar-refractivity contribution in [2.24, 2.45) is 0 Å². The number of alkyl halides is 1. The van der Waals surface area contributed by atoms with E-state index in [4.69, 9.17) is 10.2 Å². The van der Waals surface area contributed by atoms with Crippen LogP contribution in [0, 0.1) is 0 Å². The highest BCUT2D eigenvalue weighted by molar-refractivity contribution is 9.09. The second kappa shape index (κ2) is 4.12. The highest BCUT2D eigenvalue weighted by atomic mass is 79.9. The van der Waals surface area contributed by atoms with E-state index in [1.54, 1.807) is 0 Å². The Kier molecular flexibility index (Phi) is 3.81. The fourth-order valence-electron chi connectivity index (χ4n) is 0.447. The molecule has 0 heterocycles. The molecule has 0 saturated carbocycles. The summed E-state index contributed by atoms with van der Waals surface area (Å²) >= 11 is 2.88. The van der Waals surface area contributed by atoms with Crippen molar-refractivity contribution in [1.82, 2.24) is 0 Å². The van der Waals surface area contributed by atoms with Gasteiger partial charge in [0.05, 0.1) is 5.57 Å². The second-order valence-corrected chi connectivity index (χ2v) is 2.41. The third-order valence-corrected chi connectivity index (χ3v) is 1.73. The molecule has 0 spiro atoms. The first kappa shape index (κ1) is 10.2. The lowest BCUT2D eigenvalue weighted by Crippen LogP contribution is -2.10. The molecule has 0 aromatic heterocycles. The minimum Gasteiger partial charge on any atom is -0.478 e. The van der Waals surface area contributed by atoms with Crippen LogP contribution in [-0.4, -0.2) is 27.5 Å². The van der Waals surface area contributed by atoms with Crippen LogP contribution in [0.5, 0.6) is 0 Å². The van der Waals surface area contributed by atoms with Crippen molar-refractivity contribution < 1.29 is 19.8 Å². The molecular weight excluding hydrogens is 216 g/mol. The van der Waals surface area contributed by atoms with Crippen LogP contribution in [0.4, 0.5) is 0 Å². The largest absolute Gasteiger partial charge is 0.478 e. The monoisotopic (exact) mass is 222 g/mol. The fourth-order valence-corrected chi connectivity index (χ4v) is 1.11. The molecule has 0 atom stereocenters. The molecule has 0 bridgehead atoms. The topological polar surface area (TPSA) is 74.6 Å². The molecule has 0 saturated heterocycles. The predicted molar refractivity (Wildman–Crippen MR) is 41.8 cm³/mol. The lowest BCUT2D eigenvalue weighted by molar-refractivity contribution is -0.135. The molecule has 4 nitrogen and oxygen atoms in total. The van der Waals surface area contributed by atoms with Crippen LogP contribution < -0.4 is 0 Å². The molecule has 11 heavy (non-hydrogen) atoms. The smallest absolute Gasteiger partial charge is 0.332 e. The lowest BCUT2D eigenvalue weighted by atomic mass is 10.1. The maximum absolute atomic E-state index is 10.3. The molecule has 0 aliphatic heterocycles. The molecule has 62 valence electrons. The van der Waals surface area contributed by atoms with E-state index in [0.29, 0.717) is 0 Å². The van der Waals surface area contributed by atoms with Gasteiger partial charge in [-0.1, -0.05) is 15.9 Å². The Balaban J connectivity index is 4.83. The molecule has 0 radical (unpaired) electrons. The maximum Gasteiger partial charge on any atom is 0.332 e. The normalized spacial score (nSPS) is 12.2. The van der Waals surface area contributed by atoms with E-state index in [1.807, 2.05) is 0 Å². The Labute approximate surface area is 71.7 Å². The molecule has 0 rings (SSSR count). The molecule has 5 heteroatoms. The summed E-state index contributed by atoms with van der Waals surface area (Å²) in [5.74, 6) is -2.41. The van der Waals surface area contributed by atoms with Gasteiger partial charge in [0.2, 0.25) is 0 Å². The summed E-state index contributed by atoms with van der Waals surface area (Å²) in [6.07, 6.45) is 0. The number of halogens is 1. The van der Waals surface area contributed by atoms with E-state index in [0.717, 1.165) is 0 Å². The first-order valence-electron chi connectivity index (χ1n) is 2.73. The van der Waals surface area contributed by atoms with E-state index in [2.05, 4.69) is 15.9 Å². The number of carboxylic acids is 2. The summed E-state index contributed by atoms with van der Waals surface area (Å²) in [6, 6.07) is 0. The lowest BCUT2D eigenvalue weighted by Gasteiger charge is -1.98. The molecule has 0 aliphatic rings. The summed E-state index contributed by atoms with van der Waals surface area (Å²) in [4.78, 5) is 20.6. The van der Waals surface area contributed by atoms with E-state index in [-0.39, 0.29) is 16.5 Å². The van der Waals surface area contributed by atoms with Crippen molar-refractivity contribution in [1.29, 1.82) is 0 Å². The Morgan fingerprint density at radius 2 is 1.73 bits per heavy atom. The fraction of sp³-hybridized carbons (Fsp3) is 0.333. The van der Waals surface area contributed by atoms with Crippen LogP contribution in [0.3, 0.4) is 0 Å². The molecule has 2 N–H and O–H groups in total. The van der Waals surface area contributed by atoms with Crippen LogP contribution in [-0.2, 0) is 9.59 Å². The first-order valence-corrected chi connectivity index (χ1v) is 3.85. The number of aliphatic carboxylic acids is 2. The third-order valence-electron chi connectivity index (χ3n) is 1.17. The van der Waals surface area contributed by atoms with Crippen LogP contribution in [0.15, 0.2) is 11.1 Å². The average Bonchev–Trinajstić information content (AvgIpc) is 1.88. The van der Waals surface area contributed by atoms with Crippen LogP contribution in [0.25, 0.3) is 0 Å². The van der Waals surface area contributed by atoms with Gasteiger partial charge in [-0.15, -0.1) is 0 Å². The van der Waals surface area contributed by atoms with Crippen molar-refractivity contribution in [3.8, 4) is 0 Å². The maximum atomic E-state index is 10.3. The minimum absolute atomic E-state index is 0.0421. The van der Waals surface area contributed by atoms with E-state index < -0.39 is 11.9 Å². The zero-order chi connectivity index (χ0) is 9.02. The van der Waals surface area contributed by atoms with Gasteiger partial charge < -0.3 is 10.2 Å². The number of carbonyl (C=O) groups is 2. The molecule has 0 aromatic rings. The average molecular weight is 223 g/mol. The van der Waals surface area contributed by atoms with Crippen molar-refractivity contribution in [2.75, 3.05) is 5.33 Å². The Morgan fingerprint density at radius 3 is 1.82 bits per heavy atom. The van der Waals surface area contributed by atoms with Crippen LogP contribution in [0.1, 0.15) is 6.92 Å². The number of carboxylic acid groups (broad SMARTS) is 2. The zero-order valence-electron chi connectivity index (χ0n) is 5.80. The van der Waals surface area contributed by atoms with Gasteiger partial charge in [-0.3, -0.25) is 0 Å². The molecule has 0 fully saturated rings. The summed E-state index contributed by atoms with van der Waals surface area (Å²) in [5, 5.41) is 16.9. The molecule has 0 unspecified atom stereocenters. The summed E-state index contributed by atoms with van der Waals surface area (Å²) < 4.78 is 0. The Morgan fingerprint density at radius 1 is 1.27 bits per heavy atom. The van der Waals surface area contributed by atoms with Crippen LogP contribution >= 0.6 is 15.9 Å². The van der Waals surface area contributed by atoms with Gasteiger partial charge >= 0.3 is 11.9 Å². The molecule has 0 aromatic carbocycles. The standard InChI is InChI=1S/C6H7BrO4/c1-3(5(8)9)4(2-7)6(10)11/h2H2,1H3,(H,8,9)(H,10,11)/b4-3-. The second-order valence-electron chi connectivity index (χ2n) is 1.85. The number of hydrogen-bond donors (Lipinski definition) is 2.